The summed E-state index contributed by atoms with van der Waals surface area (Å²) in [6.45, 7) is 2.97. The molecular formula is C14H19F2NO3S. The Morgan fingerprint density at radius 2 is 1.81 bits per heavy atom. The van der Waals surface area contributed by atoms with Crippen molar-refractivity contribution < 1.29 is 22.3 Å². The van der Waals surface area contributed by atoms with Gasteiger partial charge in [-0.25, -0.2) is 17.2 Å². The van der Waals surface area contributed by atoms with Crippen LogP contribution < -0.4 is 0 Å². The molecule has 0 aliphatic carbocycles. The molecule has 0 bridgehead atoms. The molecule has 1 fully saturated rings. The van der Waals surface area contributed by atoms with Crippen LogP contribution in [0, 0.1) is 11.6 Å². The molecule has 1 aliphatic heterocycles. The summed E-state index contributed by atoms with van der Waals surface area (Å²) in [5, 5.41) is 9.06. The van der Waals surface area contributed by atoms with E-state index in [1.54, 1.807) is 13.8 Å². The second-order valence-corrected chi connectivity index (χ2v) is 7.32. The third-order valence-electron chi connectivity index (χ3n) is 3.91. The predicted octanol–water partition coefficient (Wildman–Crippen LogP) is 2.41. The smallest absolute Gasteiger partial charge is 0.246 e. The van der Waals surface area contributed by atoms with E-state index in [-0.39, 0.29) is 17.6 Å². The zero-order valence-electron chi connectivity index (χ0n) is 12.0. The Hall–Kier alpha value is -1.05. The maximum Gasteiger partial charge on any atom is 0.246 e. The molecule has 1 aromatic rings. The first-order valence-electron chi connectivity index (χ1n) is 6.91. The van der Waals surface area contributed by atoms with Gasteiger partial charge in [-0.3, -0.25) is 0 Å². The van der Waals surface area contributed by atoms with E-state index in [0.717, 1.165) is 18.6 Å². The monoisotopic (exact) mass is 319 g/mol. The van der Waals surface area contributed by atoms with Crippen LogP contribution in [0.2, 0.25) is 0 Å². The quantitative estimate of drug-likeness (QED) is 0.931. The second kappa shape index (κ2) is 5.98. The molecule has 2 atom stereocenters. The molecule has 0 amide bonds. The molecule has 0 aromatic heterocycles. The fraction of sp³-hybridized carbons (Fsp3) is 0.571. The molecule has 2 rings (SSSR count). The summed E-state index contributed by atoms with van der Waals surface area (Å²) in [5.41, 5.74) is 0.0322. The minimum absolute atomic E-state index is 0.0322. The van der Waals surface area contributed by atoms with Crippen LogP contribution in [0.15, 0.2) is 17.0 Å². The van der Waals surface area contributed by atoms with Crippen molar-refractivity contribution in [3.8, 4) is 0 Å². The largest absolute Gasteiger partial charge is 0.392 e. The van der Waals surface area contributed by atoms with Gasteiger partial charge in [-0.15, -0.1) is 0 Å². The number of nitrogens with zero attached hydrogens (tertiary/aromatic N) is 1. The third kappa shape index (κ3) is 2.95. The lowest BCUT2D eigenvalue weighted by atomic mass is 10.0. The normalized spacial score (nSPS) is 24.2. The summed E-state index contributed by atoms with van der Waals surface area (Å²) >= 11 is 0. The highest BCUT2D eigenvalue weighted by Crippen LogP contribution is 2.31. The number of hydrogen-bond acceptors (Lipinski definition) is 3. The van der Waals surface area contributed by atoms with Crippen molar-refractivity contribution in [3.05, 3.63) is 29.3 Å². The Balaban J connectivity index is 2.55. The molecule has 1 saturated heterocycles. The van der Waals surface area contributed by atoms with Crippen molar-refractivity contribution in [2.45, 2.75) is 56.7 Å². The maximum absolute atomic E-state index is 14.0. The Labute approximate surface area is 123 Å². The van der Waals surface area contributed by atoms with E-state index in [1.807, 2.05) is 0 Å². The standard InChI is InChI=1S/C14H19F2NO3S/c1-9-4-3-5-10(2)17(9)21(19,20)13-7-11(8-18)6-12(15)14(13)16/h6-7,9-10,18H,3-5,8H2,1-2H3/t9-,10+. The van der Waals surface area contributed by atoms with E-state index in [9.17, 15) is 17.2 Å². The molecule has 1 aliphatic rings. The summed E-state index contributed by atoms with van der Waals surface area (Å²) in [6.07, 6.45) is 2.28. The van der Waals surface area contributed by atoms with Gasteiger partial charge in [0.05, 0.1) is 6.61 Å². The van der Waals surface area contributed by atoms with Crippen LogP contribution >= 0.6 is 0 Å². The highest BCUT2D eigenvalue weighted by Gasteiger charge is 2.37. The van der Waals surface area contributed by atoms with E-state index >= 15 is 0 Å². The Kier molecular flexibility index (Phi) is 4.65. The van der Waals surface area contributed by atoms with Gasteiger partial charge >= 0.3 is 0 Å². The summed E-state index contributed by atoms with van der Waals surface area (Å²) in [6, 6.07) is 1.28. The molecule has 118 valence electrons. The highest BCUT2D eigenvalue weighted by atomic mass is 32.2. The lowest BCUT2D eigenvalue weighted by Crippen LogP contribution is -2.47. The predicted molar refractivity (Wildman–Crippen MR) is 74.1 cm³/mol. The molecule has 0 saturated carbocycles. The van der Waals surface area contributed by atoms with Gasteiger partial charge in [0, 0.05) is 12.1 Å². The Morgan fingerprint density at radius 1 is 1.24 bits per heavy atom. The Morgan fingerprint density at radius 3 is 2.33 bits per heavy atom. The number of hydrogen-bond donors (Lipinski definition) is 1. The molecule has 0 radical (unpaired) electrons. The zero-order chi connectivity index (χ0) is 15.8. The number of benzene rings is 1. The number of halogens is 2. The SMILES string of the molecule is C[C@@H]1CCC[C@H](C)N1S(=O)(=O)c1cc(CO)cc(F)c1F. The average molecular weight is 319 g/mol. The lowest BCUT2D eigenvalue weighted by Gasteiger charge is -2.37. The summed E-state index contributed by atoms with van der Waals surface area (Å²) in [7, 11) is -4.14. The number of piperidine rings is 1. The minimum Gasteiger partial charge on any atom is -0.392 e. The van der Waals surface area contributed by atoms with E-state index < -0.39 is 33.2 Å². The van der Waals surface area contributed by atoms with Gasteiger partial charge in [0.25, 0.3) is 0 Å². The summed E-state index contributed by atoms with van der Waals surface area (Å²) in [4.78, 5) is -0.702. The van der Waals surface area contributed by atoms with Crippen molar-refractivity contribution in [1.29, 1.82) is 0 Å². The van der Waals surface area contributed by atoms with Crippen molar-refractivity contribution in [3.63, 3.8) is 0 Å². The molecule has 0 unspecified atom stereocenters. The van der Waals surface area contributed by atoms with E-state index in [2.05, 4.69) is 0 Å². The van der Waals surface area contributed by atoms with Gasteiger partial charge in [0.2, 0.25) is 10.0 Å². The molecule has 1 aromatic carbocycles. The van der Waals surface area contributed by atoms with E-state index in [1.165, 1.54) is 4.31 Å². The first kappa shape index (κ1) is 16.3. The summed E-state index contributed by atoms with van der Waals surface area (Å²) < 4.78 is 54.1. The van der Waals surface area contributed by atoms with Gasteiger partial charge in [0.1, 0.15) is 4.90 Å². The fourth-order valence-corrected chi connectivity index (χ4v) is 4.89. The maximum atomic E-state index is 14.0. The molecule has 7 heteroatoms. The molecule has 1 N–H and O–H groups in total. The van der Waals surface area contributed by atoms with E-state index in [0.29, 0.717) is 12.8 Å². The third-order valence-corrected chi connectivity index (χ3v) is 6.03. The topological polar surface area (TPSA) is 57.6 Å². The molecule has 21 heavy (non-hydrogen) atoms. The van der Waals surface area contributed by atoms with Crippen LogP contribution in [0.25, 0.3) is 0 Å². The number of sulfonamides is 1. The number of aliphatic hydroxyl groups excluding tert-OH is 1. The second-order valence-electron chi connectivity index (χ2n) is 5.51. The lowest BCUT2D eigenvalue weighted by molar-refractivity contribution is 0.203. The van der Waals surface area contributed by atoms with Gasteiger partial charge in [0.15, 0.2) is 11.6 Å². The zero-order valence-corrected chi connectivity index (χ0v) is 12.8. The van der Waals surface area contributed by atoms with Crippen LogP contribution in [-0.4, -0.2) is 29.9 Å². The Bertz CT molecular complexity index is 623. The van der Waals surface area contributed by atoms with Crippen molar-refractivity contribution in [2.24, 2.45) is 0 Å². The van der Waals surface area contributed by atoms with Crippen LogP contribution in [0.5, 0.6) is 0 Å². The van der Waals surface area contributed by atoms with Gasteiger partial charge in [-0.2, -0.15) is 4.31 Å². The molecule has 1 heterocycles. The van der Waals surface area contributed by atoms with Crippen LogP contribution in [-0.2, 0) is 16.6 Å². The van der Waals surface area contributed by atoms with Crippen LogP contribution in [0.4, 0.5) is 8.78 Å². The van der Waals surface area contributed by atoms with Crippen molar-refractivity contribution in [1.82, 2.24) is 4.31 Å². The first-order chi connectivity index (χ1) is 9.78. The number of rotatable bonds is 3. The van der Waals surface area contributed by atoms with Crippen molar-refractivity contribution in [2.75, 3.05) is 0 Å². The van der Waals surface area contributed by atoms with Gasteiger partial charge < -0.3 is 5.11 Å². The van der Waals surface area contributed by atoms with Crippen LogP contribution in [0.1, 0.15) is 38.7 Å². The molecule has 0 spiro atoms. The fourth-order valence-electron chi connectivity index (χ4n) is 2.88. The van der Waals surface area contributed by atoms with Gasteiger partial charge in [-0.05, 0) is 44.4 Å². The average Bonchev–Trinajstić information content (AvgIpc) is 2.41. The highest BCUT2D eigenvalue weighted by molar-refractivity contribution is 7.89. The molecule has 4 nitrogen and oxygen atoms in total. The van der Waals surface area contributed by atoms with Gasteiger partial charge in [-0.1, -0.05) is 6.42 Å². The van der Waals surface area contributed by atoms with Crippen molar-refractivity contribution >= 4 is 10.0 Å². The first-order valence-corrected chi connectivity index (χ1v) is 8.35. The summed E-state index contributed by atoms with van der Waals surface area (Å²) in [5.74, 6) is -2.66. The minimum atomic E-state index is -4.14. The van der Waals surface area contributed by atoms with Crippen LogP contribution in [0.3, 0.4) is 0 Å². The number of aliphatic hydroxyl groups is 1. The molecular weight excluding hydrogens is 300 g/mol. The van der Waals surface area contributed by atoms with E-state index in [4.69, 9.17) is 5.11 Å².